The van der Waals surface area contributed by atoms with E-state index in [0.717, 1.165) is 39.0 Å². The maximum absolute atomic E-state index is 5.89. The summed E-state index contributed by atoms with van der Waals surface area (Å²) in [6.07, 6.45) is 0.971. The average molecular weight is 398 g/mol. The van der Waals surface area contributed by atoms with Crippen LogP contribution in [0.15, 0.2) is 39.3 Å². The summed E-state index contributed by atoms with van der Waals surface area (Å²) in [6, 6.07) is 10.2. The molecule has 0 amide bonds. The smallest absolute Gasteiger partial charge is 0.129 e. The van der Waals surface area contributed by atoms with E-state index in [1.807, 2.05) is 18.2 Å². The van der Waals surface area contributed by atoms with Gasteiger partial charge < -0.3 is 9.47 Å². The normalized spacial score (nSPS) is 12.9. The summed E-state index contributed by atoms with van der Waals surface area (Å²) in [6.45, 7) is 3.33. The number of benzene rings is 2. The minimum Gasteiger partial charge on any atom is -0.493 e. The summed E-state index contributed by atoms with van der Waals surface area (Å²) in [4.78, 5) is 0. The average Bonchev–Trinajstić information content (AvgIpc) is 2.88. The summed E-state index contributed by atoms with van der Waals surface area (Å²) in [5.41, 5.74) is 3.51. The summed E-state index contributed by atoms with van der Waals surface area (Å²) in [7, 11) is 0. The fourth-order valence-electron chi connectivity index (χ4n) is 2.32. The predicted octanol–water partition coefficient (Wildman–Crippen LogP) is 5.03. The molecule has 1 aliphatic rings. The van der Waals surface area contributed by atoms with Crippen molar-refractivity contribution < 1.29 is 9.47 Å². The second-order valence-electron chi connectivity index (χ2n) is 4.85. The molecule has 0 N–H and O–H groups in total. The molecular formula is C16H14Br2O2. The molecule has 0 fully saturated rings. The highest BCUT2D eigenvalue weighted by atomic mass is 79.9. The molecule has 0 radical (unpaired) electrons. The Morgan fingerprint density at radius 2 is 2.05 bits per heavy atom. The SMILES string of the molecule is Cc1cc(OCc2cc(Br)cc3c2OCC3)ccc1Br. The summed E-state index contributed by atoms with van der Waals surface area (Å²) < 4.78 is 13.8. The first-order valence-electron chi connectivity index (χ1n) is 6.46. The van der Waals surface area contributed by atoms with E-state index in [2.05, 4.69) is 50.9 Å². The van der Waals surface area contributed by atoms with E-state index < -0.39 is 0 Å². The molecule has 3 rings (SSSR count). The van der Waals surface area contributed by atoms with Crippen molar-refractivity contribution in [1.82, 2.24) is 0 Å². The van der Waals surface area contributed by atoms with Crippen LogP contribution in [0.2, 0.25) is 0 Å². The highest BCUT2D eigenvalue weighted by Crippen LogP contribution is 2.33. The van der Waals surface area contributed by atoms with Gasteiger partial charge in [-0.25, -0.2) is 0 Å². The van der Waals surface area contributed by atoms with Gasteiger partial charge in [-0.15, -0.1) is 0 Å². The molecule has 0 saturated heterocycles. The molecule has 0 spiro atoms. The van der Waals surface area contributed by atoms with Gasteiger partial charge in [0.25, 0.3) is 0 Å². The van der Waals surface area contributed by atoms with Crippen molar-refractivity contribution in [3.05, 3.63) is 56.0 Å². The molecular weight excluding hydrogens is 384 g/mol. The number of aryl methyl sites for hydroxylation is 1. The lowest BCUT2D eigenvalue weighted by atomic mass is 10.1. The van der Waals surface area contributed by atoms with Gasteiger partial charge in [0.1, 0.15) is 18.1 Å². The van der Waals surface area contributed by atoms with Crippen LogP contribution in [0, 0.1) is 6.92 Å². The molecule has 104 valence electrons. The third-order valence-electron chi connectivity index (χ3n) is 3.35. The maximum atomic E-state index is 5.89. The van der Waals surface area contributed by atoms with Crippen molar-refractivity contribution in [2.45, 2.75) is 20.0 Å². The largest absolute Gasteiger partial charge is 0.493 e. The first-order valence-corrected chi connectivity index (χ1v) is 8.05. The van der Waals surface area contributed by atoms with Gasteiger partial charge in [-0.2, -0.15) is 0 Å². The number of rotatable bonds is 3. The van der Waals surface area contributed by atoms with E-state index in [0.29, 0.717) is 6.61 Å². The minimum absolute atomic E-state index is 0.517. The van der Waals surface area contributed by atoms with Gasteiger partial charge >= 0.3 is 0 Å². The molecule has 0 aromatic heterocycles. The highest BCUT2D eigenvalue weighted by molar-refractivity contribution is 9.10. The zero-order valence-corrected chi connectivity index (χ0v) is 14.3. The van der Waals surface area contributed by atoms with Crippen molar-refractivity contribution in [2.24, 2.45) is 0 Å². The van der Waals surface area contributed by atoms with E-state index in [1.54, 1.807) is 0 Å². The van der Waals surface area contributed by atoms with E-state index in [1.165, 1.54) is 11.1 Å². The molecule has 0 aliphatic carbocycles. The van der Waals surface area contributed by atoms with Gasteiger partial charge in [0.05, 0.1) is 6.61 Å². The first-order chi connectivity index (χ1) is 9.63. The van der Waals surface area contributed by atoms with Crippen LogP contribution in [0.25, 0.3) is 0 Å². The van der Waals surface area contributed by atoms with Crippen LogP contribution < -0.4 is 9.47 Å². The lowest BCUT2D eigenvalue weighted by molar-refractivity contribution is 0.291. The third-order valence-corrected chi connectivity index (χ3v) is 4.70. The topological polar surface area (TPSA) is 18.5 Å². The summed E-state index contributed by atoms with van der Waals surface area (Å²) >= 11 is 7.04. The van der Waals surface area contributed by atoms with Crippen LogP contribution in [-0.4, -0.2) is 6.61 Å². The van der Waals surface area contributed by atoms with Crippen LogP contribution in [0.4, 0.5) is 0 Å². The van der Waals surface area contributed by atoms with Gasteiger partial charge in [0, 0.05) is 20.9 Å². The Bertz CT molecular complexity index is 653. The molecule has 2 aromatic carbocycles. The van der Waals surface area contributed by atoms with Gasteiger partial charge in [0.15, 0.2) is 0 Å². The van der Waals surface area contributed by atoms with E-state index in [-0.39, 0.29) is 0 Å². The summed E-state index contributed by atoms with van der Waals surface area (Å²) in [5, 5.41) is 0. The monoisotopic (exact) mass is 396 g/mol. The molecule has 0 atom stereocenters. The highest BCUT2D eigenvalue weighted by Gasteiger charge is 2.17. The third kappa shape index (κ3) is 2.86. The van der Waals surface area contributed by atoms with Crippen molar-refractivity contribution >= 4 is 31.9 Å². The van der Waals surface area contributed by atoms with E-state index >= 15 is 0 Å². The van der Waals surface area contributed by atoms with Gasteiger partial charge in [-0.05, 0) is 48.4 Å². The predicted molar refractivity (Wildman–Crippen MR) is 86.6 cm³/mol. The zero-order chi connectivity index (χ0) is 14.1. The van der Waals surface area contributed by atoms with Crippen molar-refractivity contribution in [3.8, 4) is 11.5 Å². The number of fused-ring (bicyclic) bond motifs is 1. The quantitative estimate of drug-likeness (QED) is 0.722. The van der Waals surface area contributed by atoms with Crippen LogP contribution in [0.3, 0.4) is 0 Å². The number of hydrogen-bond donors (Lipinski definition) is 0. The fourth-order valence-corrected chi connectivity index (χ4v) is 3.12. The first kappa shape index (κ1) is 14.0. The van der Waals surface area contributed by atoms with Crippen molar-refractivity contribution in [2.75, 3.05) is 6.61 Å². The lowest BCUT2D eigenvalue weighted by Crippen LogP contribution is -1.99. The van der Waals surface area contributed by atoms with Crippen molar-refractivity contribution in [3.63, 3.8) is 0 Å². The molecule has 2 aromatic rings. The Labute approximate surface area is 135 Å². The zero-order valence-electron chi connectivity index (χ0n) is 11.1. The molecule has 2 nitrogen and oxygen atoms in total. The molecule has 0 saturated carbocycles. The molecule has 1 aliphatic heterocycles. The second kappa shape index (κ2) is 5.78. The Morgan fingerprint density at radius 3 is 2.85 bits per heavy atom. The van der Waals surface area contributed by atoms with Crippen LogP contribution >= 0.6 is 31.9 Å². The maximum Gasteiger partial charge on any atom is 0.129 e. The molecule has 20 heavy (non-hydrogen) atoms. The molecule has 0 unspecified atom stereocenters. The lowest BCUT2D eigenvalue weighted by Gasteiger charge is -2.11. The second-order valence-corrected chi connectivity index (χ2v) is 6.62. The number of halogens is 2. The molecule has 0 bridgehead atoms. The molecule has 4 heteroatoms. The summed E-state index contributed by atoms with van der Waals surface area (Å²) in [5.74, 6) is 1.86. The van der Waals surface area contributed by atoms with E-state index in [4.69, 9.17) is 9.47 Å². The minimum atomic E-state index is 0.517. The number of ether oxygens (including phenoxy) is 2. The van der Waals surface area contributed by atoms with E-state index in [9.17, 15) is 0 Å². The Balaban J connectivity index is 1.80. The van der Waals surface area contributed by atoms with Gasteiger partial charge in [0.2, 0.25) is 0 Å². The van der Waals surface area contributed by atoms with Gasteiger partial charge in [-0.3, -0.25) is 0 Å². The number of hydrogen-bond acceptors (Lipinski definition) is 2. The molecule has 1 heterocycles. The van der Waals surface area contributed by atoms with Gasteiger partial charge in [-0.1, -0.05) is 31.9 Å². The standard InChI is InChI=1S/C16H14Br2O2/c1-10-6-14(2-3-15(10)18)20-9-12-8-13(17)7-11-4-5-19-16(11)12/h2-3,6-8H,4-5,9H2,1H3. The Morgan fingerprint density at radius 1 is 1.20 bits per heavy atom. The van der Waals surface area contributed by atoms with Crippen molar-refractivity contribution in [1.29, 1.82) is 0 Å². The van der Waals surface area contributed by atoms with Crippen LogP contribution in [0.1, 0.15) is 16.7 Å². The Kier molecular flexibility index (Phi) is 4.03. The fraction of sp³-hybridized carbons (Fsp3) is 0.250. The van der Waals surface area contributed by atoms with Crippen LogP contribution in [0.5, 0.6) is 11.5 Å². The Hall–Kier alpha value is -1.00. The van der Waals surface area contributed by atoms with Crippen LogP contribution in [-0.2, 0) is 13.0 Å².